The van der Waals surface area contributed by atoms with Gasteiger partial charge in [0.1, 0.15) is 29.3 Å². The molecule has 0 saturated carbocycles. The van der Waals surface area contributed by atoms with E-state index in [-0.39, 0.29) is 23.3 Å². The van der Waals surface area contributed by atoms with Gasteiger partial charge in [-0.25, -0.2) is 13.8 Å². The topological polar surface area (TPSA) is 70.6 Å². The fourth-order valence-electron chi connectivity index (χ4n) is 3.58. The van der Waals surface area contributed by atoms with Crippen molar-refractivity contribution in [3.05, 3.63) is 94.8 Å². The fourth-order valence-corrected chi connectivity index (χ4v) is 3.58. The summed E-state index contributed by atoms with van der Waals surface area (Å²) < 4.78 is 29.0. The number of benzene rings is 2. The van der Waals surface area contributed by atoms with Crippen molar-refractivity contribution in [2.45, 2.75) is 31.9 Å². The Morgan fingerprint density at radius 2 is 1.87 bits per heavy atom. The van der Waals surface area contributed by atoms with Gasteiger partial charge in [-0.2, -0.15) is 0 Å². The summed E-state index contributed by atoms with van der Waals surface area (Å²) in [5.41, 5.74) is 2.70. The lowest BCUT2D eigenvalue weighted by Gasteiger charge is -2.21. The fraction of sp³-hybridized carbons (Fsp3) is 0.250. The van der Waals surface area contributed by atoms with Crippen molar-refractivity contribution in [1.82, 2.24) is 9.55 Å². The Hall–Kier alpha value is -3.32. The number of aromatic nitrogens is 2. The van der Waals surface area contributed by atoms with Gasteiger partial charge in [-0.15, -0.1) is 0 Å². The van der Waals surface area contributed by atoms with Crippen LogP contribution in [0.4, 0.5) is 8.78 Å². The van der Waals surface area contributed by atoms with Gasteiger partial charge in [-0.05, 0) is 54.3 Å². The van der Waals surface area contributed by atoms with Crippen LogP contribution in [-0.4, -0.2) is 39.1 Å². The maximum atomic E-state index is 13.6. The van der Waals surface area contributed by atoms with Crippen LogP contribution in [0.25, 0.3) is 6.08 Å². The molecule has 0 radical (unpaired) electrons. The lowest BCUT2D eigenvalue weighted by Crippen LogP contribution is -2.13. The third-order valence-corrected chi connectivity index (χ3v) is 5.16. The molecule has 7 heteroatoms. The minimum atomic E-state index is -1.20. The molecular weight excluding hydrogens is 400 g/mol. The van der Waals surface area contributed by atoms with Gasteiger partial charge in [0.2, 0.25) is 0 Å². The van der Waals surface area contributed by atoms with Crippen LogP contribution in [0.3, 0.4) is 0 Å². The number of aliphatic imine (C=N–C) groups is 1. The van der Waals surface area contributed by atoms with Gasteiger partial charge >= 0.3 is 0 Å². The van der Waals surface area contributed by atoms with E-state index in [1.54, 1.807) is 30.6 Å². The van der Waals surface area contributed by atoms with Crippen LogP contribution in [0.15, 0.2) is 65.6 Å². The summed E-state index contributed by atoms with van der Waals surface area (Å²) in [6, 6.07) is 11.0. The zero-order valence-electron chi connectivity index (χ0n) is 17.4. The average molecular weight is 425 g/mol. The highest BCUT2D eigenvalue weighted by atomic mass is 19.1. The van der Waals surface area contributed by atoms with Crippen molar-refractivity contribution in [2.75, 3.05) is 7.05 Å². The number of aryl methyl sites for hydroxylation is 2. The molecule has 162 valence electrons. The second-order valence-corrected chi connectivity index (χ2v) is 7.29. The van der Waals surface area contributed by atoms with Gasteiger partial charge in [-0.1, -0.05) is 18.2 Å². The molecule has 0 aliphatic carbocycles. The second kappa shape index (κ2) is 10.1. The predicted molar refractivity (Wildman–Crippen MR) is 117 cm³/mol. The summed E-state index contributed by atoms with van der Waals surface area (Å²) in [5.74, 6) is -0.486. The van der Waals surface area contributed by atoms with E-state index in [1.165, 1.54) is 43.6 Å². The molecule has 3 aromatic rings. The number of halogens is 2. The van der Waals surface area contributed by atoms with Crippen molar-refractivity contribution in [3.63, 3.8) is 0 Å². The van der Waals surface area contributed by atoms with Crippen molar-refractivity contribution >= 4 is 12.3 Å². The Kier molecular flexibility index (Phi) is 7.31. The highest BCUT2D eigenvalue weighted by Crippen LogP contribution is 2.31. The molecule has 0 saturated heterocycles. The third kappa shape index (κ3) is 5.64. The SMILES string of the molecule is C/N=C\C(O)/C(O)=C/c1nccn1CC[C@@H](c1ccc(F)cc1)c1ccc(F)cc1C. The molecule has 0 aliphatic rings. The smallest absolute Gasteiger partial charge is 0.145 e. The van der Waals surface area contributed by atoms with Crippen molar-refractivity contribution in [2.24, 2.45) is 4.99 Å². The molecule has 0 spiro atoms. The van der Waals surface area contributed by atoms with E-state index in [0.717, 1.165) is 16.7 Å². The van der Waals surface area contributed by atoms with Crippen LogP contribution >= 0.6 is 0 Å². The third-order valence-electron chi connectivity index (χ3n) is 5.16. The summed E-state index contributed by atoms with van der Waals surface area (Å²) in [5, 5.41) is 19.9. The second-order valence-electron chi connectivity index (χ2n) is 7.29. The van der Waals surface area contributed by atoms with Crippen LogP contribution < -0.4 is 0 Å². The van der Waals surface area contributed by atoms with E-state index in [9.17, 15) is 19.0 Å². The van der Waals surface area contributed by atoms with Gasteiger partial charge in [-0.3, -0.25) is 4.99 Å². The predicted octanol–water partition coefficient (Wildman–Crippen LogP) is 4.65. The van der Waals surface area contributed by atoms with E-state index < -0.39 is 6.10 Å². The molecule has 0 bridgehead atoms. The number of aliphatic hydroxyl groups is 2. The number of hydrogen-bond acceptors (Lipinski definition) is 4. The number of imidazole rings is 1. The lowest BCUT2D eigenvalue weighted by atomic mass is 9.86. The minimum Gasteiger partial charge on any atom is -0.509 e. The Labute approximate surface area is 180 Å². The van der Waals surface area contributed by atoms with E-state index in [0.29, 0.717) is 18.8 Å². The molecule has 1 aromatic heterocycles. The summed E-state index contributed by atoms with van der Waals surface area (Å²) >= 11 is 0. The first kappa shape index (κ1) is 22.4. The molecule has 0 amide bonds. The van der Waals surface area contributed by atoms with Crippen LogP contribution in [0, 0.1) is 18.6 Å². The first-order valence-electron chi connectivity index (χ1n) is 9.92. The maximum Gasteiger partial charge on any atom is 0.145 e. The number of nitrogens with zero attached hydrogens (tertiary/aromatic N) is 3. The molecule has 2 atom stereocenters. The van der Waals surface area contributed by atoms with Gasteiger partial charge in [0, 0.05) is 44.2 Å². The first-order valence-corrected chi connectivity index (χ1v) is 9.92. The van der Waals surface area contributed by atoms with Crippen molar-refractivity contribution < 1.29 is 19.0 Å². The van der Waals surface area contributed by atoms with Gasteiger partial charge in [0.25, 0.3) is 0 Å². The summed E-state index contributed by atoms with van der Waals surface area (Å²) in [6.07, 6.45) is 5.43. The van der Waals surface area contributed by atoms with E-state index in [4.69, 9.17) is 0 Å². The van der Waals surface area contributed by atoms with Crippen LogP contribution in [0.1, 0.15) is 34.9 Å². The van der Waals surface area contributed by atoms with E-state index in [2.05, 4.69) is 9.98 Å². The van der Waals surface area contributed by atoms with Crippen molar-refractivity contribution in [3.8, 4) is 0 Å². The molecule has 3 rings (SSSR count). The molecule has 2 N–H and O–H groups in total. The molecular formula is C24H25F2N3O2. The number of rotatable bonds is 8. The van der Waals surface area contributed by atoms with Crippen LogP contribution in [-0.2, 0) is 6.54 Å². The molecule has 31 heavy (non-hydrogen) atoms. The molecule has 1 unspecified atom stereocenters. The molecule has 0 aliphatic heterocycles. The molecule has 1 heterocycles. The quantitative estimate of drug-likeness (QED) is 0.408. The normalized spacial score (nSPS) is 14.2. The minimum absolute atomic E-state index is 0.0909. The molecule has 2 aromatic carbocycles. The summed E-state index contributed by atoms with van der Waals surface area (Å²) in [7, 11) is 1.50. The van der Waals surface area contributed by atoms with E-state index in [1.807, 2.05) is 11.5 Å². The highest BCUT2D eigenvalue weighted by molar-refractivity contribution is 5.68. The Morgan fingerprint density at radius 1 is 1.16 bits per heavy atom. The molecule has 5 nitrogen and oxygen atoms in total. The van der Waals surface area contributed by atoms with Gasteiger partial charge in [0.05, 0.1) is 0 Å². The number of aliphatic hydroxyl groups excluding tert-OH is 2. The largest absolute Gasteiger partial charge is 0.509 e. The summed E-state index contributed by atoms with van der Waals surface area (Å²) in [6.45, 7) is 2.39. The standard InChI is InChI=1S/C24H25F2N3O2/c1-16-13-19(26)7-8-20(16)21(17-3-5-18(25)6-4-17)9-11-29-12-10-28-24(29)14-22(30)23(31)15-27-2/h3-8,10,12-15,21,23,30-31H,9,11H2,1-2H3/b22-14-,27-15-/t21-,23?/m0/s1. The lowest BCUT2D eigenvalue weighted by molar-refractivity contribution is 0.214. The average Bonchev–Trinajstić information content (AvgIpc) is 3.17. The highest BCUT2D eigenvalue weighted by Gasteiger charge is 2.18. The van der Waals surface area contributed by atoms with Crippen LogP contribution in [0.5, 0.6) is 0 Å². The summed E-state index contributed by atoms with van der Waals surface area (Å²) in [4.78, 5) is 7.93. The molecule has 0 fully saturated rings. The zero-order valence-corrected chi connectivity index (χ0v) is 17.4. The Bertz CT molecular complexity index is 1070. The zero-order chi connectivity index (χ0) is 22.4. The van der Waals surface area contributed by atoms with Gasteiger partial charge < -0.3 is 14.8 Å². The Morgan fingerprint density at radius 3 is 2.55 bits per heavy atom. The van der Waals surface area contributed by atoms with Gasteiger partial charge in [0.15, 0.2) is 0 Å². The monoisotopic (exact) mass is 425 g/mol. The van der Waals surface area contributed by atoms with E-state index >= 15 is 0 Å². The maximum absolute atomic E-state index is 13.6. The number of hydrogen-bond donors (Lipinski definition) is 2. The van der Waals surface area contributed by atoms with Crippen molar-refractivity contribution in [1.29, 1.82) is 0 Å². The van der Waals surface area contributed by atoms with Crippen LogP contribution in [0.2, 0.25) is 0 Å². The Balaban J connectivity index is 1.88. The first-order chi connectivity index (χ1) is 14.9.